The first-order chi connectivity index (χ1) is 7.84. The van der Waals surface area contributed by atoms with Crippen molar-refractivity contribution in [1.29, 1.82) is 0 Å². The van der Waals surface area contributed by atoms with Crippen molar-refractivity contribution in [3.8, 4) is 0 Å². The Morgan fingerprint density at radius 3 is 2.35 bits per heavy atom. The lowest BCUT2D eigenvalue weighted by Crippen LogP contribution is -2.47. The Balaban J connectivity index is 4.12. The molecule has 0 saturated heterocycles. The molecule has 0 aliphatic heterocycles. The van der Waals surface area contributed by atoms with Crippen LogP contribution in [-0.2, 0) is 9.59 Å². The zero-order valence-corrected chi connectivity index (χ0v) is 9.72. The Morgan fingerprint density at radius 2 is 1.94 bits per heavy atom. The molecule has 0 heterocycles. The van der Waals surface area contributed by atoms with Crippen molar-refractivity contribution in [2.24, 2.45) is 22.2 Å². The number of aliphatic imine (C=N–C) groups is 1. The van der Waals surface area contributed by atoms with Crippen molar-refractivity contribution in [3.63, 3.8) is 0 Å². The SMILES string of the molecule is CC(NC(CCCN=C(N)N)C(=O)O)C(N)=O. The molecule has 0 aromatic heterocycles. The number of carbonyl (C=O) groups is 2. The number of carbonyl (C=O) groups excluding carboxylic acids is 1. The number of carboxylic acids is 1. The summed E-state index contributed by atoms with van der Waals surface area (Å²) in [6.07, 6.45) is 0.803. The molecule has 8 nitrogen and oxygen atoms in total. The lowest BCUT2D eigenvalue weighted by molar-refractivity contribution is -0.140. The van der Waals surface area contributed by atoms with E-state index in [2.05, 4.69) is 10.3 Å². The lowest BCUT2D eigenvalue weighted by atomic mass is 10.1. The monoisotopic (exact) mass is 245 g/mol. The molecule has 0 radical (unpaired) electrons. The van der Waals surface area contributed by atoms with E-state index in [1.165, 1.54) is 6.92 Å². The molecule has 2 unspecified atom stereocenters. The van der Waals surface area contributed by atoms with Crippen molar-refractivity contribution in [2.45, 2.75) is 31.8 Å². The summed E-state index contributed by atoms with van der Waals surface area (Å²) in [4.78, 5) is 25.4. The normalized spacial score (nSPS) is 13.7. The molecule has 1 amide bonds. The average molecular weight is 245 g/mol. The van der Waals surface area contributed by atoms with Gasteiger partial charge in [-0.1, -0.05) is 0 Å². The molecule has 8 N–H and O–H groups in total. The zero-order chi connectivity index (χ0) is 13.4. The maximum absolute atomic E-state index is 10.9. The van der Waals surface area contributed by atoms with Crippen LogP contribution in [0.1, 0.15) is 19.8 Å². The molecular formula is C9H19N5O3. The van der Waals surface area contributed by atoms with E-state index >= 15 is 0 Å². The van der Waals surface area contributed by atoms with Gasteiger partial charge in [-0.3, -0.25) is 19.9 Å². The van der Waals surface area contributed by atoms with Gasteiger partial charge >= 0.3 is 5.97 Å². The van der Waals surface area contributed by atoms with Crippen molar-refractivity contribution in [2.75, 3.05) is 6.54 Å². The summed E-state index contributed by atoms with van der Waals surface area (Å²) in [5, 5.41) is 11.5. The van der Waals surface area contributed by atoms with Crippen LogP contribution in [0.15, 0.2) is 4.99 Å². The predicted octanol–water partition coefficient (Wildman–Crippen LogP) is -2.04. The summed E-state index contributed by atoms with van der Waals surface area (Å²) in [6, 6.07) is -1.54. The Hall–Kier alpha value is -1.83. The Kier molecular flexibility index (Phi) is 6.64. The van der Waals surface area contributed by atoms with E-state index in [4.69, 9.17) is 22.3 Å². The fraction of sp³-hybridized carbons (Fsp3) is 0.667. The number of hydrogen-bond donors (Lipinski definition) is 5. The number of rotatable bonds is 8. The number of carboxylic acid groups (broad SMARTS) is 1. The van der Waals surface area contributed by atoms with Gasteiger partial charge in [0.2, 0.25) is 5.91 Å². The molecule has 0 aliphatic rings. The van der Waals surface area contributed by atoms with Crippen molar-refractivity contribution in [1.82, 2.24) is 5.32 Å². The molecule has 2 atom stereocenters. The maximum Gasteiger partial charge on any atom is 0.320 e. The van der Waals surface area contributed by atoms with Crippen LogP contribution in [-0.4, -0.2) is 41.6 Å². The van der Waals surface area contributed by atoms with E-state index in [9.17, 15) is 9.59 Å². The molecule has 0 saturated carbocycles. The van der Waals surface area contributed by atoms with Crippen LogP contribution >= 0.6 is 0 Å². The summed E-state index contributed by atoms with van der Waals surface area (Å²) in [5.41, 5.74) is 15.3. The number of aliphatic carboxylic acids is 1. The van der Waals surface area contributed by atoms with Crippen molar-refractivity contribution < 1.29 is 14.7 Å². The molecule has 98 valence electrons. The minimum atomic E-state index is -1.04. The number of amides is 1. The lowest BCUT2D eigenvalue weighted by Gasteiger charge is -2.17. The standard InChI is InChI=1S/C9H19N5O3/c1-5(7(10)15)14-6(8(16)17)3-2-4-13-9(11)12/h5-6,14H,2-4H2,1H3,(H2,10,15)(H,16,17)(H4,11,12,13). The largest absolute Gasteiger partial charge is 0.480 e. The number of hydrogen-bond acceptors (Lipinski definition) is 4. The van der Waals surface area contributed by atoms with Gasteiger partial charge in [-0.2, -0.15) is 0 Å². The summed E-state index contributed by atoms with van der Waals surface area (Å²) < 4.78 is 0. The first kappa shape index (κ1) is 15.2. The van der Waals surface area contributed by atoms with E-state index in [1.54, 1.807) is 0 Å². The summed E-state index contributed by atoms with van der Waals surface area (Å²) in [5.74, 6) is -1.67. The van der Waals surface area contributed by atoms with Crippen LogP contribution in [0.5, 0.6) is 0 Å². The third kappa shape index (κ3) is 7.12. The van der Waals surface area contributed by atoms with E-state index < -0.39 is 24.0 Å². The van der Waals surface area contributed by atoms with E-state index in [0.29, 0.717) is 19.4 Å². The maximum atomic E-state index is 10.9. The van der Waals surface area contributed by atoms with Crippen LogP contribution in [0, 0.1) is 0 Å². The molecular weight excluding hydrogens is 226 g/mol. The van der Waals surface area contributed by atoms with Crippen LogP contribution in [0.25, 0.3) is 0 Å². The minimum Gasteiger partial charge on any atom is -0.480 e. The fourth-order valence-corrected chi connectivity index (χ4v) is 1.17. The average Bonchev–Trinajstić information content (AvgIpc) is 2.21. The highest BCUT2D eigenvalue weighted by Crippen LogP contribution is 2.00. The van der Waals surface area contributed by atoms with Gasteiger partial charge in [0.25, 0.3) is 0 Å². The first-order valence-corrected chi connectivity index (χ1v) is 5.18. The highest BCUT2D eigenvalue weighted by molar-refractivity contribution is 5.81. The molecule has 0 rings (SSSR count). The van der Waals surface area contributed by atoms with Gasteiger partial charge in [0.1, 0.15) is 6.04 Å². The van der Waals surface area contributed by atoms with Crippen LogP contribution in [0.2, 0.25) is 0 Å². The zero-order valence-electron chi connectivity index (χ0n) is 9.72. The molecule has 8 heteroatoms. The number of guanidine groups is 1. The predicted molar refractivity (Wildman–Crippen MR) is 63.1 cm³/mol. The van der Waals surface area contributed by atoms with E-state index in [1.807, 2.05) is 0 Å². The third-order valence-corrected chi connectivity index (χ3v) is 2.12. The highest BCUT2D eigenvalue weighted by Gasteiger charge is 2.21. The molecule has 0 bridgehead atoms. The summed E-state index contributed by atoms with van der Waals surface area (Å²) in [7, 11) is 0. The molecule has 17 heavy (non-hydrogen) atoms. The van der Waals surface area contributed by atoms with Crippen LogP contribution < -0.4 is 22.5 Å². The van der Waals surface area contributed by atoms with E-state index in [0.717, 1.165) is 0 Å². The van der Waals surface area contributed by atoms with Gasteiger partial charge in [-0.05, 0) is 19.8 Å². The van der Waals surface area contributed by atoms with Gasteiger partial charge in [0.05, 0.1) is 6.04 Å². The molecule has 0 aliphatic carbocycles. The summed E-state index contributed by atoms with van der Waals surface area (Å²) >= 11 is 0. The second-order valence-electron chi connectivity index (χ2n) is 3.63. The van der Waals surface area contributed by atoms with Crippen molar-refractivity contribution >= 4 is 17.8 Å². The second kappa shape index (κ2) is 7.44. The van der Waals surface area contributed by atoms with Gasteiger partial charge in [0.15, 0.2) is 5.96 Å². The minimum absolute atomic E-state index is 0.0321. The molecule has 0 fully saturated rings. The molecule has 0 spiro atoms. The third-order valence-electron chi connectivity index (χ3n) is 2.12. The van der Waals surface area contributed by atoms with Crippen LogP contribution in [0.3, 0.4) is 0 Å². The van der Waals surface area contributed by atoms with Gasteiger partial charge in [0, 0.05) is 6.54 Å². The second-order valence-corrected chi connectivity index (χ2v) is 3.63. The number of primary amides is 1. The molecule has 0 aromatic carbocycles. The smallest absolute Gasteiger partial charge is 0.320 e. The van der Waals surface area contributed by atoms with Crippen molar-refractivity contribution in [3.05, 3.63) is 0 Å². The number of nitrogens with one attached hydrogen (secondary N) is 1. The highest BCUT2D eigenvalue weighted by atomic mass is 16.4. The Bertz CT molecular complexity index is 301. The Labute approximate surface area is 99.2 Å². The Morgan fingerprint density at radius 1 is 1.35 bits per heavy atom. The first-order valence-electron chi connectivity index (χ1n) is 5.18. The topological polar surface area (TPSA) is 157 Å². The quantitative estimate of drug-likeness (QED) is 0.188. The van der Waals surface area contributed by atoms with Gasteiger partial charge in [-0.25, -0.2) is 0 Å². The van der Waals surface area contributed by atoms with Gasteiger partial charge in [-0.15, -0.1) is 0 Å². The number of nitrogens with zero attached hydrogens (tertiary/aromatic N) is 1. The van der Waals surface area contributed by atoms with Crippen LogP contribution in [0.4, 0.5) is 0 Å². The van der Waals surface area contributed by atoms with Gasteiger partial charge < -0.3 is 22.3 Å². The molecule has 0 aromatic rings. The van der Waals surface area contributed by atoms with E-state index in [-0.39, 0.29) is 5.96 Å². The fourth-order valence-electron chi connectivity index (χ4n) is 1.17. The number of nitrogens with two attached hydrogens (primary N) is 3. The summed E-state index contributed by atoms with van der Waals surface area (Å²) in [6.45, 7) is 1.85.